The molecular formula is C12H13N5O3. The average molecular weight is 275 g/mol. The van der Waals surface area contributed by atoms with Crippen LogP contribution in [0.5, 0.6) is 0 Å². The maximum atomic E-state index is 11.6. The molecule has 2 rings (SSSR count). The van der Waals surface area contributed by atoms with Crippen molar-refractivity contribution >= 4 is 17.8 Å². The van der Waals surface area contributed by atoms with E-state index in [4.69, 9.17) is 5.11 Å². The second-order valence-electron chi connectivity index (χ2n) is 4.02. The Labute approximate surface area is 114 Å². The van der Waals surface area contributed by atoms with Gasteiger partial charge in [0.1, 0.15) is 0 Å². The van der Waals surface area contributed by atoms with E-state index in [-0.39, 0.29) is 12.1 Å². The van der Waals surface area contributed by atoms with Crippen LogP contribution in [-0.2, 0) is 13.6 Å². The van der Waals surface area contributed by atoms with Gasteiger partial charge in [0, 0.05) is 25.5 Å². The van der Waals surface area contributed by atoms with Gasteiger partial charge < -0.3 is 10.4 Å². The molecular weight excluding hydrogens is 262 g/mol. The van der Waals surface area contributed by atoms with Gasteiger partial charge in [0.05, 0.1) is 17.8 Å². The minimum absolute atomic E-state index is 0.125. The smallest absolute Gasteiger partial charge is 0.335 e. The van der Waals surface area contributed by atoms with E-state index >= 15 is 0 Å². The number of carboxylic acids is 1. The van der Waals surface area contributed by atoms with E-state index in [1.54, 1.807) is 24.0 Å². The molecule has 0 aliphatic heterocycles. The number of rotatable bonds is 4. The Morgan fingerprint density at radius 2 is 2.20 bits per heavy atom. The van der Waals surface area contributed by atoms with Gasteiger partial charge in [0.25, 0.3) is 0 Å². The molecule has 0 radical (unpaired) electrons. The lowest BCUT2D eigenvalue weighted by Crippen LogP contribution is -2.28. The van der Waals surface area contributed by atoms with Crippen molar-refractivity contribution in [2.24, 2.45) is 7.05 Å². The largest absolute Gasteiger partial charge is 0.478 e. The van der Waals surface area contributed by atoms with Gasteiger partial charge in [-0.15, -0.1) is 0 Å². The molecule has 104 valence electrons. The number of aromatic nitrogens is 3. The molecule has 0 bridgehead atoms. The summed E-state index contributed by atoms with van der Waals surface area (Å²) in [4.78, 5) is 26.4. The van der Waals surface area contributed by atoms with E-state index in [2.05, 4.69) is 20.7 Å². The summed E-state index contributed by atoms with van der Waals surface area (Å²) in [6.07, 6.45) is 3.09. The highest BCUT2D eigenvalue weighted by Gasteiger charge is 2.07. The van der Waals surface area contributed by atoms with Gasteiger partial charge >= 0.3 is 12.0 Å². The molecule has 2 aromatic heterocycles. The van der Waals surface area contributed by atoms with Crippen molar-refractivity contribution in [3.05, 3.63) is 41.9 Å². The van der Waals surface area contributed by atoms with E-state index < -0.39 is 12.0 Å². The molecule has 2 aromatic rings. The molecule has 0 saturated heterocycles. The van der Waals surface area contributed by atoms with Crippen LogP contribution in [0.1, 0.15) is 16.1 Å². The first-order chi connectivity index (χ1) is 9.54. The summed E-state index contributed by atoms with van der Waals surface area (Å²) in [6.45, 7) is 0.125. The number of nitrogens with one attached hydrogen (secondary N) is 2. The topological polar surface area (TPSA) is 109 Å². The van der Waals surface area contributed by atoms with Crippen molar-refractivity contribution in [2.75, 3.05) is 5.32 Å². The summed E-state index contributed by atoms with van der Waals surface area (Å²) < 4.78 is 1.56. The molecule has 2 heterocycles. The highest BCUT2D eigenvalue weighted by molar-refractivity contribution is 5.88. The van der Waals surface area contributed by atoms with Crippen LogP contribution in [0.2, 0.25) is 0 Å². The average Bonchev–Trinajstić information content (AvgIpc) is 2.82. The lowest BCUT2D eigenvalue weighted by molar-refractivity contribution is 0.0696. The fraction of sp³-hybridized carbons (Fsp3) is 0.167. The zero-order valence-electron chi connectivity index (χ0n) is 10.7. The molecule has 2 amide bonds. The summed E-state index contributed by atoms with van der Waals surface area (Å²) in [7, 11) is 1.74. The molecule has 0 aliphatic rings. The Morgan fingerprint density at radius 3 is 2.85 bits per heavy atom. The lowest BCUT2D eigenvalue weighted by Gasteiger charge is -2.05. The normalized spacial score (nSPS) is 10.1. The number of carboxylic acid groups (broad SMARTS) is 1. The predicted octanol–water partition coefficient (Wildman–Crippen LogP) is 0.835. The Kier molecular flexibility index (Phi) is 3.94. The molecule has 0 unspecified atom stereocenters. The summed E-state index contributed by atoms with van der Waals surface area (Å²) in [6, 6.07) is 4.01. The van der Waals surface area contributed by atoms with E-state index in [1.165, 1.54) is 18.3 Å². The number of hydrogen-bond acceptors (Lipinski definition) is 4. The molecule has 3 N–H and O–H groups in total. The highest BCUT2D eigenvalue weighted by Crippen LogP contribution is 2.03. The Morgan fingerprint density at radius 1 is 1.40 bits per heavy atom. The van der Waals surface area contributed by atoms with Crippen LogP contribution >= 0.6 is 0 Å². The van der Waals surface area contributed by atoms with Gasteiger partial charge in [-0.1, -0.05) is 0 Å². The third kappa shape index (κ3) is 3.55. The molecule has 8 heteroatoms. The number of aryl methyl sites for hydroxylation is 1. The number of hydrogen-bond donors (Lipinski definition) is 3. The summed E-state index contributed by atoms with van der Waals surface area (Å²) in [5.41, 5.74) is 0.586. The highest BCUT2D eigenvalue weighted by atomic mass is 16.4. The number of carbonyl (C=O) groups is 2. The number of amides is 2. The number of aromatic carboxylic acids is 1. The summed E-state index contributed by atoms with van der Waals surface area (Å²) in [5.74, 6) is -0.608. The fourth-order valence-electron chi connectivity index (χ4n) is 1.52. The lowest BCUT2D eigenvalue weighted by atomic mass is 10.2. The Hall–Kier alpha value is -2.90. The standard InChI is InChI=1S/C12H13N5O3/c1-17-5-3-10(16-17)15-12(20)14-7-9-6-8(11(18)19)2-4-13-9/h2-6H,7H2,1H3,(H,18,19)(H2,14,15,16,20). The zero-order chi connectivity index (χ0) is 14.5. The van der Waals surface area contributed by atoms with Crippen molar-refractivity contribution in [2.45, 2.75) is 6.54 Å². The van der Waals surface area contributed by atoms with Crippen molar-refractivity contribution in [3.8, 4) is 0 Å². The molecule has 0 spiro atoms. The monoisotopic (exact) mass is 275 g/mol. The van der Waals surface area contributed by atoms with Crippen LogP contribution in [0, 0.1) is 0 Å². The van der Waals surface area contributed by atoms with Gasteiger partial charge in [0.2, 0.25) is 0 Å². The quantitative estimate of drug-likeness (QED) is 0.765. The molecule has 0 saturated carbocycles. The van der Waals surface area contributed by atoms with E-state index in [0.29, 0.717) is 11.5 Å². The maximum Gasteiger partial charge on any atom is 0.335 e. The van der Waals surface area contributed by atoms with Crippen molar-refractivity contribution in [3.63, 3.8) is 0 Å². The van der Waals surface area contributed by atoms with Gasteiger partial charge in [-0.3, -0.25) is 15.0 Å². The second kappa shape index (κ2) is 5.83. The SMILES string of the molecule is Cn1ccc(NC(=O)NCc2cc(C(=O)O)ccn2)n1. The minimum Gasteiger partial charge on any atom is -0.478 e. The molecule has 0 atom stereocenters. The van der Waals surface area contributed by atoms with E-state index in [9.17, 15) is 9.59 Å². The van der Waals surface area contributed by atoms with E-state index in [1.807, 2.05) is 0 Å². The molecule has 0 aromatic carbocycles. The number of pyridine rings is 1. The first kappa shape index (κ1) is 13.5. The summed E-state index contributed by atoms with van der Waals surface area (Å²) >= 11 is 0. The molecule has 0 aliphatic carbocycles. The van der Waals surface area contributed by atoms with Crippen LogP contribution in [0.25, 0.3) is 0 Å². The fourth-order valence-corrected chi connectivity index (χ4v) is 1.52. The van der Waals surface area contributed by atoms with Gasteiger partial charge in [0.15, 0.2) is 5.82 Å². The van der Waals surface area contributed by atoms with E-state index in [0.717, 1.165) is 0 Å². The Bertz CT molecular complexity index is 638. The maximum absolute atomic E-state index is 11.6. The number of anilines is 1. The molecule has 8 nitrogen and oxygen atoms in total. The van der Waals surface area contributed by atoms with Crippen LogP contribution < -0.4 is 10.6 Å². The Balaban J connectivity index is 1.90. The van der Waals surface area contributed by atoms with Gasteiger partial charge in [-0.25, -0.2) is 9.59 Å². The third-order valence-electron chi connectivity index (χ3n) is 2.45. The number of nitrogens with zero attached hydrogens (tertiary/aromatic N) is 3. The second-order valence-corrected chi connectivity index (χ2v) is 4.02. The van der Waals surface area contributed by atoms with Gasteiger partial charge in [-0.2, -0.15) is 5.10 Å². The first-order valence-electron chi connectivity index (χ1n) is 5.77. The van der Waals surface area contributed by atoms with Crippen molar-refractivity contribution in [1.82, 2.24) is 20.1 Å². The van der Waals surface area contributed by atoms with Crippen molar-refractivity contribution < 1.29 is 14.7 Å². The minimum atomic E-state index is -1.04. The van der Waals surface area contributed by atoms with Crippen LogP contribution in [0.15, 0.2) is 30.6 Å². The molecule has 20 heavy (non-hydrogen) atoms. The first-order valence-corrected chi connectivity index (χ1v) is 5.77. The van der Waals surface area contributed by atoms with Crippen molar-refractivity contribution in [1.29, 1.82) is 0 Å². The van der Waals surface area contributed by atoms with Crippen LogP contribution in [-0.4, -0.2) is 31.9 Å². The van der Waals surface area contributed by atoms with Crippen LogP contribution in [0.4, 0.5) is 10.6 Å². The third-order valence-corrected chi connectivity index (χ3v) is 2.45. The molecule has 0 fully saturated rings. The predicted molar refractivity (Wildman–Crippen MR) is 70.3 cm³/mol. The number of urea groups is 1. The zero-order valence-corrected chi connectivity index (χ0v) is 10.7. The van der Waals surface area contributed by atoms with Crippen LogP contribution in [0.3, 0.4) is 0 Å². The van der Waals surface area contributed by atoms with Gasteiger partial charge in [-0.05, 0) is 12.1 Å². The summed E-state index contributed by atoms with van der Waals surface area (Å²) in [5, 5.41) is 18.0. The number of carbonyl (C=O) groups excluding carboxylic acids is 1.